The number of benzene rings is 1. The summed E-state index contributed by atoms with van der Waals surface area (Å²) >= 11 is 3.27. The summed E-state index contributed by atoms with van der Waals surface area (Å²) in [5.41, 5.74) is 1.30. The molecule has 1 heterocycles. The van der Waals surface area contributed by atoms with Gasteiger partial charge in [-0.15, -0.1) is 0 Å². The Labute approximate surface area is 94.9 Å². The molecule has 0 saturated carbocycles. The number of imidazole rings is 1. The monoisotopic (exact) mass is 269 g/mol. The Morgan fingerprint density at radius 1 is 1.47 bits per heavy atom. The Bertz CT molecular complexity index is 461. The molecule has 0 aliphatic carbocycles. The topological polar surface area (TPSA) is 40.7 Å². The average molecular weight is 270 g/mol. The normalized spacial score (nSPS) is 10.3. The van der Waals surface area contributed by atoms with Crippen LogP contribution >= 0.6 is 15.9 Å². The van der Waals surface area contributed by atoms with Gasteiger partial charge >= 0.3 is 0 Å². The fourth-order valence-electron chi connectivity index (χ4n) is 1.21. The van der Waals surface area contributed by atoms with Crippen molar-refractivity contribution in [2.24, 2.45) is 0 Å². The van der Waals surface area contributed by atoms with Crippen LogP contribution in [0.3, 0.4) is 0 Å². The van der Waals surface area contributed by atoms with Crippen LogP contribution < -0.4 is 5.32 Å². The van der Waals surface area contributed by atoms with Gasteiger partial charge in [0.1, 0.15) is 5.82 Å². The number of nitrogens with one attached hydrogen (secondary N) is 2. The third-order valence-corrected chi connectivity index (χ3v) is 2.57. The number of nitrogens with zero attached hydrogens (tertiary/aromatic N) is 1. The first-order valence-electron chi connectivity index (χ1n) is 4.39. The number of hydrogen-bond donors (Lipinski definition) is 2. The molecule has 2 N–H and O–H groups in total. The van der Waals surface area contributed by atoms with Crippen molar-refractivity contribution in [1.82, 2.24) is 9.97 Å². The van der Waals surface area contributed by atoms with Crippen molar-refractivity contribution in [2.75, 3.05) is 5.32 Å². The Balaban J connectivity index is 2.31. The molecule has 0 aliphatic rings. The number of aromatic amines is 1. The fourth-order valence-corrected chi connectivity index (χ4v) is 1.65. The van der Waals surface area contributed by atoms with Crippen LogP contribution in [0.5, 0.6) is 0 Å². The molecule has 1 aromatic heterocycles. The summed E-state index contributed by atoms with van der Waals surface area (Å²) in [6, 6.07) is 4.79. The van der Waals surface area contributed by atoms with Crippen molar-refractivity contribution in [2.45, 2.75) is 6.92 Å². The van der Waals surface area contributed by atoms with Gasteiger partial charge in [0.15, 0.2) is 0 Å². The summed E-state index contributed by atoms with van der Waals surface area (Å²) in [4.78, 5) is 7.01. The average Bonchev–Trinajstić information content (AvgIpc) is 2.58. The van der Waals surface area contributed by atoms with Crippen LogP contribution in [0.2, 0.25) is 0 Å². The van der Waals surface area contributed by atoms with Gasteiger partial charge in [0.2, 0.25) is 5.95 Å². The van der Waals surface area contributed by atoms with Crippen LogP contribution in [0.25, 0.3) is 0 Å². The maximum Gasteiger partial charge on any atom is 0.204 e. The van der Waals surface area contributed by atoms with E-state index in [1.165, 1.54) is 6.07 Å². The van der Waals surface area contributed by atoms with Gasteiger partial charge in [0.25, 0.3) is 0 Å². The molecule has 0 saturated heterocycles. The summed E-state index contributed by atoms with van der Waals surface area (Å²) in [5, 5.41) is 2.87. The molecule has 0 radical (unpaired) electrons. The molecular formula is C10H9BrFN3. The Morgan fingerprint density at radius 2 is 2.27 bits per heavy atom. The number of H-pyrrole nitrogens is 1. The van der Waals surface area contributed by atoms with E-state index in [-0.39, 0.29) is 5.82 Å². The van der Waals surface area contributed by atoms with Crippen molar-refractivity contribution in [1.29, 1.82) is 0 Å². The molecular weight excluding hydrogens is 261 g/mol. The van der Waals surface area contributed by atoms with E-state index in [0.717, 1.165) is 5.69 Å². The van der Waals surface area contributed by atoms with E-state index in [1.807, 2.05) is 6.92 Å². The van der Waals surface area contributed by atoms with Crippen LogP contribution in [0.4, 0.5) is 16.0 Å². The van der Waals surface area contributed by atoms with Gasteiger partial charge in [-0.05, 0) is 35.0 Å². The molecule has 0 bridgehead atoms. The Hall–Kier alpha value is -1.36. The molecule has 0 atom stereocenters. The second-order valence-electron chi connectivity index (χ2n) is 3.14. The minimum Gasteiger partial charge on any atom is -0.328 e. The quantitative estimate of drug-likeness (QED) is 0.878. The first kappa shape index (κ1) is 10.2. The van der Waals surface area contributed by atoms with Crippen LogP contribution in [0.15, 0.2) is 28.9 Å². The molecule has 3 nitrogen and oxygen atoms in total. The van der Waals surface area contributed by atoms with E-state index in [9.17, 15) is 4.39 Å². The third kappa shape index (κ3) is 2.18. The molecule has 1 aromatic carbocycles. The zero-order chi connectivity index (χ0) is 10.8. The van der Waals surface area contributed by atoms with E-state index in [2.05, 4.69) is 31.2 Å². The maximum absolute atomic E-state index is 13.4. The van der Waals surface area contributed by atoms with E-state index in [1.54, 1.807) is 18.3 Å². The molecule has 15 heavy (non-hydrogen) atoms. The van der Waals surface area contributed by atoms with Gasteiger partial charge in [-0.2, -0.15) is 0 Å². The van der Waals surface area contributed by atoms with Gasteiger partial charge in [-0.3, -0.25) is 0 Å². The van der Waals surface area contributed by atoms with Crippen molar-refractivity contribution in [3.05, 3.63) is 40.4 Å². The first-order valence-corrected chi connectivity index (χ1v) is 5.19. The number of aryl methyl sites for hydroxylation is 1. The zero-order valence-corrected chi connectivity index (χ0v) is 9.60. The van der Waals surface area contributed by atoms with Crippen molar-refractivity contribution < 1.29 is 4.39 Å². The van der Waals surface area contributed by atoms with Gasteiger partial charge in [0, 0.05) is 16.4 Å². The smallest absolute Gasteiger partial charge is 0.204 e. The Morgan fingerprint density at radius 3 is 2.87 bits per heavy atom. The van der Waals surface area contributed by atoms with Crippen LogP contribution in [0.1, 0.15) is 5.69 Å². The fraction of sp³-hybridized carbons (Fsp3) is 0.100. The van der Waals surface area contributed by atoms with E-state index in [0.29, 0.717) is 16.1 Å². The predicted octanol–water partition coefficient (Wildman–Crippen LogP) is 3.36. The summed E-state index contributed by atoms with van der Waals surface area (Å²) < 4.78 is 14.1. The van der Waals surface area contributed by atoms with Crippen molar-refractivity contribution >= 4 is 27.6 Å². The van der Waals surface area contributed by atoms with Crippen LogP contribution in [0, 0.1) is 12.7 Å². The summed E-state index contributed by atoms with van der Waals surface area (Å²) in [7, 11) is 0. The minimum atomic E-state index is -0.321. The van der Waals surface area contributed by atoms with E-state index in [4.69, 9.17) is 0 Å². The van der Waals surface area contributed by atoms with E-state index < -0.39 is 0 Å². The largest absolute Gasteiger partial charge is 0.328 e. The van der Waals surface area contributed by atoms with Gasteiger partial charge in [-0.1, -0.05) is 6.07 Å². The first-order chi connectivity index (χ1) is 7.16. The highest BCUT2D eigenvalue weighted by molar-refractivity contribution is 9.10. The zero-order valence-electron chi connectivity index (χ0n) is 8.01. The molecule has 0 unspecified atom stereocenters. The lowest BCUT2D eigenvalue weighted by Gasteiger charge is -2.06. The van der Waals surface area contributed by atoms with Crippen LogP contribution in [-0.2, 0) is 0 Å². The molecule has 2 rings (SSSR count). The number of anilines is 2. The number of para-hydroxylation sites is 1. The third-order valence-electron chi connectivity index (χ3n) is 1.91. The molecule has 2 aromatic rings. The molecule has 78 valence electrons. The number of halogens is 2. The highest BCUT2D eigenvalue weighted by Gasteiger charge is 2.07. The van der Waals surface area contributed by atoms with Gasteiger partial charge < -0.3 is 10.3 Å². The molecule has 0 amide bonds. The molecule has 0 aliphatic heterocycles. The van der Waals surface area contributed by atoms with Crippen molar-refractivity contribution in [3.8, 4) is 0 Å². The van der Waals surface area contributed by atoms with Gasteiger partial charge in [-0.25, -0.2) is 9.37 Å². The van der Waals surface area contributed by atoms with Crippen LogP contribution in [-0.4, -0.2) is 9.97 Å². The second-order valence-corrected chi connectivity index (χ2v) is 3.99. The molecule has 0 spiro atoms. The SMILES string of the molecule is Cc1cnc(Nc2c(F)cccc2Br)[nH]1. The molecule has 0 fully saturated rings. The Kier molecular flexibility index (Phi) is 2.73. The summed E-state index contributed by atoms with van der Waals surface area (Å²) in [5.74, 6) is 0.205. The lowest BCUT2D eigenvalue weighted by Crippen LogP contribution is -1.96. The standard InChI is InChI=1S/C10H9BrFN3/c1-6-5-13-10(14-6)15-9-7(11)3-2-4-8(9)12/h2-5H,1H3,(H2,13,14,15). The predicted molar refractivity (Wildman–Crippen MR) is 60.7 cm³/mol. The maximum atomic E-state index is 13.4. The minimum absolute atomic E-state index is 0.321. The number of rotatable bonds is 2. The lowest BCUT2D eigenvalue weighted by atomic mass is 10.3. The van der Waals surface area contributed by atoms with Crippen molar-refractivity contribution in [3.63, 3.8) is 0 Å². The summed E-state index contributed by atoms with van der Waals surface area (Å²) in [6.07, 6.45) is 1.68. The second kappa shape index (κ2) is 4.02. The summed E-state index contributed by atoms with van der Waals surface area (Å²) in [6.45, 7) is 1.88. The molecule has 5 heteroatoms. The number of hydrogen-bond acceptors (Lipinski definition) is 2. The highest BCUT2D eigenvalue weighted by atomic mass is 79.9. The van der Waals surface area contributed by atoms with Gasteiger partial charge in [0.05, 0.1) is 5.69 Å². The number of aromatic nitrogens is 2. The van der Waals surface area contributed by atoms with E-state index >= 15 is 0 Å². The highest BCUT2D eigenvalue weighted by Crippen LogP contribution is 2.27. The lowest BCUT2D eigenvalue weighted by molar-refractivity contribution is 0.631.